The normalized spacial score (nSPS) is 16.1. The van der Waals surface area contributed by atoms with Gasteiger partial charge >= 0.3 is 6.18 Å². The highest BCUT2D eigenvalue weighted by atomic mass is 19.4. The number of hydrogen-bond donors (Lipinski definition) is 1. The number of alkyl halides is 3. The van der Waals surface area contributed by atoms with Gasteiger partial charge in [0.15, 0.2) is 0 Å². The fourth-order valence-electron chi connectivity index (χ4n) is 2.83. The monoisotopic (exact) mass is 321 g/mol. The minimum Gasteiger partial charge on any atom is -0.327 e. The Morgan fingerprint density at radius 1 is 1.00 bits per heavy atom. The first kappa shape index (κ1) is 21.5. The van der Waals surface area contributed by atoms with Gasteiger partial charge in [-0.3, -0.25) is 0 Å². The summed E-state index contributed by atoms with van der Waals surface area (Å²) in [7, 11) is 0. The standard InChI is InChI=1S/C18H34F3N/c1-5-15(6-2)9-8-14(4)12-16(7-3)10-11-17(22)13-18(19,20)21/h8,15-17H,5-7,9-13,22H2,1-4H3/b14-8+. The molecule has 2 atom stereocenters. The van der Waals surface area contributed by atoms with Crippen LogP contribution in [0.5, 0.6) is 0 Å². The maximum Gasteiger partial charge on any atom is 0.390 e. The van der Waals surface area contributed by atoms with E-state index >= 15 is 0 Å². The smallest absolute Gasteiger partial charge is 0.327 e. The molecule has 0 aliphatic carbocycles. The van der Waals surface area contributed by atoms with Crippen LogP contribution in [0.4, 0.5) is 13.2 Å². The van der Waals surface area contributed by atoms with Crippen LogP contribution in [0.2, 0.25) is 0 Å². The quantitative estimate of drug-likeness (QED) is 0.448. The number of allylic oxidation sites excluding steroid dienone is 2. The summed E-state index contributed by atoms with van der Waals surface area (Å²) in [6.07, 6.45) is 4.03. The minimum absolute atomic E-state index is 0.442. The molecule has 0 saturated carbocycles. The first-order valence-corrected chi connectivity index (χ1v) is 8.69. The zero-order valence-electron chi connectivity index (χ0n) is 14.7. The summed E-state index contributed by atoms with van der Waals surface area (Å²) in [5.41, 5.74) is 6.96. The van der Waals surface area contributed by atoms with Gasteiger partial charge in [0.2, 0.25) is 0 Å². The van der Waals surface area contributed by atoms with E-state index in [1.54, 1.807) is 0 Å². The van der Waals surface area contributed by atoms with Gasteiger partial charge in [0.1, 0.15) is 0 Å². The van der Waals surface area contributed by atoms with Crippen molar-refractivity contribution in [2.24, 2.45) is 17.6 Å². The van der Waals surface area contributed by atoms with E-state index in [2.05, 4.69) is 33.8 Å². The second-order valence-electron chi connectivity index (χ2n) is 6.60. The van der Waals surface area contributed by atoms with Crippen molar-refractivity contribution in [2.45, 2.75) is 91.3 Å². The summed E-state index contributed by atoms with van der Waals surface area (Å²) >= 11 is 0. The lowest BCUT2D eigenvalue weighted by Crippen LogP contribution is -2.28. The Hall–Kier alpha value is -0.510. The van der Waals surface area contributed by atoms with E-state index in [4.69, 9.17) is 5.73 Å². The van der Waals surface area contributed by atoms with Crippen molar-refractivity contribution >= 4 is 0 Å². The van der Waals surface area contributed by atoms with Crippen molar-refractivity contribution in [3.05, 3.63) is 11.6 Å². The molecule has 2 unspecified atom stereocenters. The van der Waals surface area contributed by atoms with Gasteiger partial charge in [0.05, 0.1) is 6.42 Å². The average Bonchev–Trinajstić information content (AvgIpc) is 2.42. The molecule has 0 amide bonds. The predicted octanol–water partition coefficient (Wildman–Crippen LogP) is 6.24. The Morgan fingerprint density at radius 2 is 1.55 bits per heavy atom. The van der Waals surface area contributed by atoms with Gasteiger partial charge in [0, 0.05) is 6.04 Å². The second-order valence-corrected chi connectivity index (χ2v) is 6.60. The van der Waals surface area contributed by atoms with Crippen LogP contribution in [0.25, 0.3) is 0 Å². The Kier molecular flexibility index (Phi) is 10.8. The molecule has 2 N–H and O–H groups in total. The average molecular weight is 321 g/mol. The molecule has 0 radical (unpaired) electrons. The summed E-state index contributed by atoms with van der Waals surface area (Å²) in [5, 5.41) is 0. The van der Waals surface area contributed by atoms with Crippen molar-refractivity contribution in [3.8, 4) is 0 Å². The predicted molar refractivity (Wildman–Crippen MR) is 88.7 cm³/mol. The van der Waals surface area contributed by atoms with Gasteiger partial charge < -0.3 is 5.73 Å². The number of hydrogen-bond acceptors (Lipinski definition) is 1. The SMILES string of the molecule is CCC(CC)C/C=C(\C)CC(CC)CCC(N)CC(F)(F)F. The zero-order chi connectivity index (χ0) is 17.2. The van der Waals surface area contributed by atoms with E-state index in [1.807, 2.05) is 0 Å². The van der Waals surface area contributed by atoms with Crippen LogP contribution in [0.3, 0.4) is 0 Å². The van der Waals surface area contributed by atoms with Crippen LogP contribution in [0, 0.1) is 11.8 Å². The maximum absolute atomic E-state index is 12.3. The van der Waals surface area contributed by atoms with Crippen molar-refractivity contribution in [3.63, 3.8) is 0 Å². The molecule has 1 nitrogen and oxygen atoms in total. The molecule has 0 bridgehead atoms. The Labute approximate surface area is 134 Å². The molecule has 0 saturated heterocycles. The summed E-state index contributed by atoms with van der Waals surface area (Å²) in [6, 6.07) is -0.761. The van der Waals surface area contributed by atoms with E-state index in [-0.39, 0.29) is 0 Å². The molecule has 0 aliphatic heterocycles. The van der Waals surface area contributed by atoms with Gasteiger partial charge in [-0.1, -0.05) is 51.7 Å². The topological polar surface area (TPSA) is 26.0 Å². The van der Waals surface area contributed by atoms with Crippen molar-refractivity contribution in [1.29, 1.82) is 0 Å². The molecule has 0 aliphatic rings. The van der Waals surface area contributed by atoms with Crippen LogP contribution in [0.15, 0.2) is 11.6 Å². The highest BCUT2D eigenvalue weighted by molar-refractivity contribution is 5.00. The molecule has 4 heteroatoms. The molecular formula is C18H34F3N. The summed E-state index contributed by atoms with van der Waals surface area (Å²) in [5.74, 6) is 1.19. The molecule has 22 heavy (non-hydrogen) atoms. The molecule has 0 fully saturated rings. The fraction of sp³-hybridized carbons (Fsp3) is 0.889. The highest BCUT2D eigenvalue weighted by Gasteiger charge is 2.30. The van der Waals surface area contributed by atoms with Crippen LogP contribution in [-0.2, 0) is 0 Å². The third-order valence-electron chi connectivity index (χ3n) is 4.58. The molecule has 0 heterocycles. The van der Waals surface area contributed by atoms with Crippen LogP contribution in [0.1, 0.15) is 79.1 Å². The van der Waals surface area contributed by atoms with E-state index in [0.717, 1.165) is 31.6 Å². The van der Waals surface area contributed by atoms with Gasteiger partial charge in [-0.2, -0.15) is 13.2 Å². The minimum atomic E-state index is -4.15. The zero-order valence-corrected chi connectivity index (χ0v) is 14.7. The second kappa shape index (κ2) is 11.1. The van der Waals surface area contributed by atoms with E-state index in [1.165, 1.54) is 18.4 Å². The molecule has 0 aromatic carbocycles. The lowest BCUT2D eigenvalue weighted by molar-refractivity contribution is -0.138. The molecule has 0 aromatic rings. The van der Waals surface area contributed by atoms with Gasteiger partial charge in [-0.15, -0.1) is 0 Å². The molecule has 0 aromatic heterocycles. The first-order chi connectivity index (χ1) is 10.2. The Bertz CT molecular complexity index is 306. The fourth-order valence-corrected chi connectivity index (χ4v) is 2.83. The van der Waals surface area contributed by atoms with E-state index in [0.29, 0.717) is 12.3 Å². The number of nitrogens with two attached hydrogens (primary N) is 1. The summed E-state index contributed by atoms with van der Waals surface area (Å²) < 4.78 is 36.8. The van der Waals surface area contributed by atoms with Crippen LogP contribution in [-0.4, -0.2) is 12.2 Å². The Morgan fingerprint density at radius 3 is 2.00 bits per heavy atom. The maximum atomic E-state index is 12.3. The largest absolute Gasteiger partial charge is 0.390 e. The van der Waals surface area contributed by atoms with Gasteiger partial charge in [-0.05, 0) is 44.4 Å². The number of halogens is 3. The summed E-state index contributed by atoms with van der Waals surface area (Å²) in [6.45, 7) is 8.68. The molecule has 132 valence electrons. The Balaban J connectivity index is 4.22. The van der Waals surface area contributed by atoms with Crippen molar-refractivity contribution in [1.82, 2.24) is 0 Å². The first-order valence-electron chi connectivity index (χ1n) is 8.69. The van der Waals surface area contributed by atoms with Gasteiger partial charge in [0.25, 0.3) is 0 Å². The van der Waals surface area contributed by atoms with Gasteiger partial charge in [-0.25, -0.2) is 0 Å². The lowest BCUT2D eigenvalue weighted by atomic mass is 9.89. The number of rotatable bonds is 11. The lowest BCUT2D eigenvalue weighted by Gasteiger charge is -2.19. The molecular weight excluding hydrogens is 287 g/mol. The molecule has 0 spiro atoms. The third-order valence-corrected chi connectivity index (χ3v) is 4.58. The highest BCUT2D eigenvalue weighted by Crippen LogP contribution is 2.26. The molecule has 0 rings (SSSR count). The van der Waals surface area contributed by atoms with E-state index < -0.39 is 18.6 Å². The summed E-state index contributed by atoms with van der Waals surface area (Å²) in [4.78, 5) is 0. The van der Waals surface area contributed by atoms with Crippen LogP contribution >= 0.6 is 0 Å². The van der Waals surface area contributed by atoms with E-state index in [9.17, 15) is 13.2 Å². The van der Waals surface area contributed by atoms with Crippen molar-refractivity contribution < 1.29 is 13.2 Å². The van der Waals surface area contributed by atoms with Crippen molar-refractivity contribution in [2.75, 3.05) is 0 Å². The van der Waals surface area contributed by atoms with Crippen LogP contribution < -0.4 is 5.73 Å². The third kappa shape index (κ3) is 11.1.